The van der Waals surface area contributed by atoms with Crippen LogP contribution in [0.15, 0.2) is 16.5 Å². The van der Waals surface area contributed by atoms with Gasteiger partial charge in [0, 0.05) is 18.6 Å². The highest BCUT2D eigenvalue weighted by molar-refractivity contribution is 7.97. The average molecular weight is 352 g/mol. The molecule has 3 rings (SSSR count). The molecule has 6 heteroatoms. The third kappa shape index (κ3) is 4.55. The lowest BCUT2D eigenvalue weighted by molar-refractivity contribution is 0.0749. The van der Waals surface area contributed by atoms with E-state index in [1.807, 2.05) is 12.3 Å². The van der Waals surface area contributed by atoms with Crippen LogP contribution in [0.25, 0.3) is 0 Å². The first-order valence-electron chi connectivity index (χ1n) is 8.97. The number of amides is 1. The predicted molar refractivity (Wildman–Crippen MR) is 98.5 cm³/mol. The number of rotatable bonds is 5. The molecule has 2 aliphatic rings. The Bertz CT molecular complexity index is 540. The summed E-state index contributed by atoms with van der Waals surface area (Å²) >= 11 is 1.70. The van der Waals surface area contributed by atoms with Gasteiger partial charge in [0.05, 0.1) is 5.75 Å². The van der Waals surface area contributed by atoms with Gasteiger partial charge in [0.15, 0.2) is 5.76 Å². The number of likely N-dealkylation sites (tertiary alicyclic amines) is 2. The van der Waals surface area contributed by atoms with E-state index in [2.05, 4.69) is 22.2 Å². The van der Waals surface area contributed by atoms with Crippen molar-refractivity contribution in [3.05, 3.63) is 23.7 Å². The van der Waals surface area contributed by atoms with Crippen molar-refractivity contribution in [3.63, 3.8) is 0 Å². The van der Waals surface area contributed by atoms with E-state index in [9.17, 15) is 4.79 Å². The molecule has 1 atom stereocenters. The molecule has 1 aromatic heterocycles. The Morgan fingerprint density at radius 2 is 2.08 bits per heavy atom. The Kier molecular flexibility index (Phi) is 6.25. The number of carbonyl (C=O) groups excluding carboxylic acids is 1. The number of carbonyl (C=O) groups is 1. The number of hydrogen-bond donors (Lipinski definition) is 1. The monoisotopic (exact) mass is 351 g/mol. The number of hydrogen-bond acceptors (Lipinski definition) is 5. The van der Waals surface area contributed by atoms with E-state index in [0.717, 1.165) is 30.9 Å². The fourth-order valence-corrected chi connectivity index (χ4v) is 4.23. The van der Waals surface area contributed by atoms with Crippen LogP contribution in [0, 0.1) is 0 Å². The molecule has 2 fully saturated rings. The van der Waals surface area contributed by atoms with Crippen LogP contribution in [-0.2, 0) is 5.75 Å². The largest absolute Gasteiger partial charge is 0.455 e. The number of nitrogens with one attached hydrogen (secondary N) is 1. The van der Waals surface area contributed by atoms with Gasteiger partial charge in [-0.25, -0.2) is 0 Å². The Morgan fingerprint density at radius 1 is 1.29 bits per heavy atom. The molecule has 0 radical (unpaired) electrons. The maximum absolute atomic E-state index is 12.4. The fraction of sp³-hybridized carbons (Fsp3) is 0.722. The van der Waals surface area contributed by atoms with E-state index in [0.29, 0.717) is 11.8 Å². The number of thioether (sulfide) groups is 1. The van der Waals surface area contributed by atoms with Gasteiger partial charge in [0.25, 0.3) is 5.91 Å². The van der Waals surface area contributed by atoms with E-state index in [1.54, 1.807) is 17.8 Å². The molecule has 0 aromatic carbocycles. The zero-order valence-corrected chi connectivity index (χ0v) is 15.6. The van der Waals surface area contributed by atoms with Gasteiger partial charge in [-0.1, -0.05) is 0 Å². The minimum absolute atomic E-state index is 0.0717. The maximum Gasteiger partial charge on any atom is 0.287 e. The van der Waals surface area contributed by atoms with Gasteiger partial charge in [-0.15, -0.1) is 0 Å². The Labute approximate surface area is 149 Å². The van der Waals surface area contributed by atoms with Gasteiger partial charge >= 0.3 is 0 Å². The third-order valence-corrected chi connectivity index (χ3v) is 5.74. The first-order chi connectivity index (χ1) is 11.7. The SMILES string of the molecule is CSCc1ccc(C(=O)NC2CCCN(C3CCN(C)CC3)C2)o1. The van der Waals surface area contributed by atoms with E-state index in [1.165, 1.54) is 32.5 Å². The molecular formula is C18H29N3O2S. The van der Waals surface area contributed by atoms with Crippen molar-refractivity contribution in [2.75, 3.05) is 39.5 Å². The zero-order valence-electron chi connectivity index (χ0n) is 14.8. The van der Waals surface area contributed by atoms with Crippen LogP contribution >= 0.6 is 11.8 Å². The van der Waals surface area contributed by atoms with Gasteiger partial charge < -0.3 is 14.6 Å². The van der Waals surface area contributed by atoms with E-state index in [-0.39, 0.29) is 11.9 Å². The summed E-state index contributed by atoms with van der Waals surface area (Å²) < 4.78 is 5.63. The lowest BCUT2D eigenvalue weighted by Crippen LogP contribution is -2.53. The van der Waals surface area contributed by atoms with Crippen molar-refractivity contribution >= 4 is 17.7 Å². The molecule has 5 nitrogen and oxygen atoms in total. The van der Waals surface area contributed by atoms with Crippen LogP contribution in [0.5, 0.6) is 0 Å². The Morgan fingerprint density at radius 3 is 2.83 bits per heavy atom. The molecule has 0 aliphatic carbocycles. The molecule has 0 spiro atoms. The van der Waals surface area contributed by atoms with Crippen molar-refractivity contribution in [1.29, 1.82) is 0 Å². The second-order valence-electron chi connectivity index (χ2n) is 7.04. The third-order valence-electron chi connectivity index (χ3n) is 5.16. The van der Waals surface area contributed by atoms with Crippen LogP contribution in [0.2, 0.25) is 0 Å². The molecule has 1 aromatic rings. The molecule has 1 unspecified atom stereocenters. The van der Waals surface area contributed by atoms with Crippen molar-refractivity contribution in [1.82, 2.24) is 15.1 Å². The van der Waals surface area contributed by atoms with Crippen LogP contribution < -0.4 is 5.32 Å². The van der Waals surface area contributed by atoms with Crippen molar-refractivity contribution in [2.45, 2.75) is 43.5 Å². The first-order valence-corrected chi connectivity index (χ1v) is 10.4. The molecule has 0 saturated carbocycles. The Hall–Kier alpha value is -0.980. The van der Waals surface area contributed by atoms with Crippen molar-refractivity contribution in [3.8, 4) is 0 Å². The van der Waals surface area contributed by atoms with E-state index < -0.39 is 0 Å². The molecule has 134 valence electrons. The summed E-state index contributed by atoms with van der Waals surface area (Å²) in [6.45, 7) is 4.50. The zero-order chi connectivity index (χ0) is 16.9. The molecule has 1 N–H and O–H groups in total. The Balaban J connectivity index is 1.51. The van der Waals surface area contributed by atoms with E-state index >= 15 is 0 Å². The summed E-state index contributed by atoms with van der Waals surface area (Å²) in [7, 11) is 2.20. The van der Waals surface area contributed by atoms with Crippen LogP contribution in [0.1, 0.15) is 42.0 Å². The molecule has 3 heterocycles. The normalized spacial score (nSPS) is 24.2. The second-order valence-corrected chi connectivity index (χ2v) is 7.91. The molecule has 24 heavy (non-hydrogen) atoms. The minimum Gasteiger partial charge on any atom is -0.455 e. The van der Waals surface area contributed by atoms with Gasteiger partial charge in [-0.3, -0.25) is 9.69 Å². The van der Waals surface area contributed by atoms with Crippen molar-refractivity contribution < 1.29 is 9.21 Å². The fourth-order valence-electron chi connectivity index (χ4n) is 3.79. The molecular weight excluding hydrogens is 322 g/mol. The summed E-state index contributed by atoms with van der Waals surface area (Å²) in [6.07, 6.45) is 6.74. The molecule has 0 bridgehead atoms. The van der Waals surface area contributed by atoms with Crippen molar-refractivity contribution in [2.24, 2.45) is 0 Å². The number of furan rings is 1. The number of nitrogens with zero attached hydrogens (tertiary/aromatic N) is 2. The summed E-state index contributed by atoms with van der Waals surface area (Å²) in [5.41, 5.74) is 0. The highest BCUT2D eigenvalue weighted by Gasteiger charge is 2.29. The summed E-state index contributed by atoms with van der Waals surface area (Å²) in [5.74, 6) is 2.04. The quantitative estimate of drug-likeness (QED) is 0.883. The lowest BCUT2D eigenvalue weighted by Gasteiger charge is -2.41. The smallest absolute Gasteiger partial charge is 0.287 e. The maximum atomic E-state index is 12.4. The molecule has 2 saturated heterocycles. The first kappa shape index (κ1) is 17.8. The van der Waals surface area contributed by atoms with Crippen LogP contribution in [0.3, 0.4) is 0 Å². The average Bonchev–Trinajstić information content (AvgIpc) is 3.05. The standard InChI is InChI=1S/C18H29N3O2S/c1-20-10-7-15(8-11-20)21-9-3-4-14(12-21)19-18(22)17-6-5-16(23-17)13-24-2/h5-6,14-15H,3-4,7-13H2,1-2H3,(H,19,22). The lowest BCUT2D eigenvalue weighted by atomic mass is 9.98. The van der Waals surface area contributed by atoms with Gasteiger partial charge in [0.2, 0.25) is 0 Å². The topological polar surface area (TPSA) is 48.7 Å². The minimum atomic E-state index is -0.0717. The van der Waals surface area contributed by atoms with Gasteiger partial charge in [-0.05, 0) is 70.8 Å². The molecule has 2 aliphatic heterocycles. The van der Waals surface area contributed by atoms with Crippen LogP contribution in [0.4, 0.5) is 0 Å². The van der Waals surface area contributed by atoms with Crippen LogP contribution in [-0.4, -0.2) is 67.3 Å². The van der Waals surface area contributed by atoms with Gasteiger partial charge in [-0.2, -0.15) is 11.8 Å². The highest BCUT2D eigenvalue weighted by atomic mass is 32.2. The van der Waals surface area contributed by atoms with E-state index in [4.69, 9.17) is 4.42 Å². The number of piperidine rings is 2. The summed E-state index contributed by atoms with van der Waals surface area (Å²) in [6, 6.07) is 4.60. The molecule has 1 amide bonds. The van der Waals surface area contributed by atoms with Gasteiger partial charge in [0.1, 0.15) is 5.76 Å². The summed E-state index contributed by atoms with van der Waals surface area (Å²) in [5, 5.41) is 3.18. The second kappa shape index (κ2) is 8.41. The summed E-state index contributed by atoms with van der Waals surface area (Å²) in [4.78, 5) is 17.4. The highest BCUT2D eigenvalue weighted by Crippen LogP contribution is 2.21. The predicted octanol–water partition coefficient (Wildman–Crippen LogP) is 2.43.